The Labute approximate surface area is 199 Å². The van der Waals surface area contributed by atoms with Crippen LogP contribution in [0.3, 0.4) is 0 Å². The number of amides is 2. The lowest BCUT2D eigenvalue weighted by Crippen LogP contribution is -2.45. The highest BCUT2D eigenvalue weighted by Crippen LogP contribution is 2.29. The van der Waals surface area contributed by atoms with Crippen molar-refractivity contribution in [3.8, 4) is 0 Å². The molecule has 1 aromatic carbocycles. The molecule has 1 N–H and O–H groups in total. The van der Waals surface area contributed by atoms with Crippen LogP contribution in [0.4, 0.5) is 0 Å². The van der Waals surface area contributed by atoms with Crippen molar-refractivity contribution in [1.29, 1.82) is 0 Å². The van der Waals surface area contributed by atoms with Gasteiger partial charge in [0.2, 0.25) is 5.91 Å². The molecule has 1 atom stereocenters. The van der Waals surface area contributed by atoms with Crippen LogP contribution in [0.15, 0.2) is 41.8 Å². The second kappa shape index (κ2) is 10.8. The number of nitrogens with zero attached hydrogens (tertiary/aromatic N) is 2. The summed E-state index contributed by atoms with van der Waals surface area (Å²) in [6, 6.07) is 11.5. The molecule has 0 aliphatic carbocycles. The van der Waals surface area contributed by atoms with Crippen LogP contribution >= 0.6 is 22.9 Å². The van der Waals surface area contributed by atoms with Gasteiger partial charge in [-0.3, -0.25) is 14.5 Å². The topological polar surface area (TPSA) is 52.7 Å². The van der Waals surface area contributed by atoms with Gasteiger partial charge < -0.3 is 10.2 Å². The molecule has 2 aliphatic heterocycles. The molecule has 32 heavy (non-hydrogen) atoms. The first-order chi connectivity index (χ1) is 15.5. The van der Waals surface area contributed by atoms with E-state index in [4.69, 9.17) is 11.6 Å². The lowest BCUT2D eigenvalue weighted by atomic mass is 9.95. The monoisotopic (exact) mass is 473 g/mol. The maximum absolute atomic E-state index is 12.9. The van der Waals surface area contributed by atoms with E-state index in [0.717, 1.165) is 19.0 Å². The van der Waals surface area contributed by atoms with E-state index in [2.05, 4.69) is 34.7 Å². The lowest BCUT2D eigenvalue weighted by Gasteiger charge is -2.37. The van der Waals surface area contributed by atoms with Crippen LogP contribution in [-0.2, 0) is 4.79 Å². The number of halogens is 1. The van der Waals surface area contributed by atoms with Crippen molar-refractivity contribution in [2.75, 3.05) is 32.7 Å². The van der Waals surface area contributed by atoms with E-state index in [1.807, 2.05) is 4.90 Å². The van der Waals surface area contributed by atoms with Crippen molar-refractivity contribution in [3.63, 3.8) is 0 Å². The average molecular weight is 474 g/mol. The van der Waals surface area contributed by atoms with Gasteiger partial charge in [0, 0.05) is 41.0 Å². The van der Waals surface area contributed by atoms with Crippen molar-refractivity contribution in [2.24, 2.45) is 11.8 Å². The molecule has 1 aromatic heterocycles. The Bertz CT molecular complexity index is 886. The third-order valence-corrected chi connectivity index (χ3v) is 8.07. The van der Waals surface area contributed by atoms with Gasteiger partial charge in [0.05, 0.1) is 6.04 Å². The van der Waals surface area contributed by atoms with Crippen molar-refractivity contribution in [3.05, 3.63) is 57.2 Å². The Morgan fingerprint density at radius 1 is 1.06 bits per heavy atom. The van der Waals surface area contributed by atoms with Gasteiger partial charge in [0.1, 0.15) is 0 Å². The molecule has 2 aromatic rings. The molecule has 4 rings (SSSR count). The minimum Gasteiger partial charge on any atom is -0.354 e. The van der Waals surface area contributed by atoms with Crippen molar-refractivity contribution < 1.29 is 9.59 Å². The van der Waals surface area contributed by atoms with E-state index in [1.165, 1.54) is 17.7 Å². The van der Waals surface area contributed by atoms with E-state index in [9.17, 15) is 9.59 Å². The number of benzene rings is 1. The molecular formula is C25H32ClN3O2S. The van der Waals surface area contributed by atoms with Crippen LogP contribution in [0.5, 0.6) is 0 Å². The molecule has 3 heterocycles. The van der Waals surface area contributed by atoms with Crippen LogP contribution in [0.1, 0.15) is 53.9 Å². The quantitative estimate of drug-likeness (QED) is 0.652. The molecule has 5 nitrogen and oxygen atoms in total. The molecule has 0 saturated carbocycles. The second-order valence-corrected chi connectivity index (χ2v) is 10.5. The first-order valence-electron chi connectivity index (χ1n) is 11.6. The minimum atomic E-state index is -0.0327. The third-order valence-electron chi connectivity index (χ3n) is 6.84. The van der Waals surface area contributed by atoms with Crippen LogP contribution in [-0.4, -0.2) is 54.3 Å². The molecule has 2 amide bonds. The molecule has 2 aliphatic rings. The van der Waals surface area contributed by atoms with Crippen LogP contribution < -0.4 is 5.32 Å². The van der Waals surface area contributed by atoms with Gasteiger partial charge in [-0.15, -0.1) is 11.3 Å². The Morgan fingerprint density at radius 3 is 2.38 bits per heavy atom. The number of piperidine rings is 2. The van der Waals surface area contributed by atoms with Gasteiger partial charge in [-0.25, -0.2) is 0 Å². The standard InChI is InChI=1S/C25H32ClN3O2S/c1-18-8-12-28(13-9-18)22(23-3-2-16-32-23)17-27-24(30)19-10-14-29(15-11-19)25(31)20-4-6-21(26)7-5-20/h2-7,16,18-19,22H,8-15,17H2,1H3,(H,27,30). The zero-order valence-corrected chi connectivity index (χ0v) is 20.2. The van der Waals surface area contributed by atoms with Crippen molar-refractivity contribution >= 4 is 34.8 Å². The molecular weight excluding hydrogens is 442 g/mol. The molecule has 7 heteroatoms. The predicted molar refractivity (Wildman–Crippen MR) is 130 cm³/mol. The predicted octanol–water partition coefficient (Wildman–Crippen LogP) is 4.84. The lowest BCUT2D eigenvalue weighted by molar-refractivity contribution is -0.126. The zero-order chi connectivity index (χ0) is 22.5. The van der Waals surface area contributed by atoms with Gasteiger partial charge in [-0.05, 0) is 80.4 Å². The van der Waals surface area contributed by atoms with Crippen molar-refractivity contribution in [2.45, 2.75) is 38.6 Å². The average Bonchev–Trinajstić information content (AvgIpc) is 3.35. The number of nitrogens with one attached hydrogen (secondary N) is 1. The smallest absolute Gasteiger partial charge is 0.253 e. The Hall–Kier alpha value is -1.89. The number of hydrogen-bond donors (Lipinski definition) is 1. The maximum Gasteiger partial charge on any atom is 0.253 e. The Kier molecular flexibility index (Phi) is 7.87. The fraction of sp³-hybridized carbons (Fsp3) is 0.520. The summed E-state index contributed by atoms with van der Waals surface area (Å²) in [6.45, 7) is 6.37. The van der Waals surface area contributed by atoms with E-state index >= 15 is 0 Å². The second-order valence-electron chi connectivity index (χ2n) is 9.07. The van der Waals surface area contributed by atoms with Gasteiger partial charge in [0.15, 0.2) is 0 Å². The number of carbonyl (C=O) groups is 2. The third kappa shape index (κ3) is 5.72. The van der Waals surface area contributed by atoms with E-state index in [1.54, 1.807) is 35.6 Å². The minimum absolute atomic E-state index is 0.0117. The van der Waals surface area contributed by atoms with Gasteiger partial charge >= 0.3 is 0 Å². The SMILES string of the molecule is CC1CCN(C(CNC(=O)C2CCN(C(=O)c3ccc(Cl)cc3)CC2)c2cccs2)CC1. The normalized spacial score (nSPS) is 19.6. The van der Waals surface area contributed by atoms with Gasteiger partial charge in [-0.2, -0.15) is 0 Å². The van der Waals surface area contributed by atoms with E-state index in [-0.39, 0.29) is 23.8 Å². The van der Waals surface area contributed by atoms with Crippen molar-refractivity contribution in [1.82, 2.24) is 15.1 Å². The van der Waals surface area contributed by atoms with E-state index in [0.29, 0.717) is 43.1 Å². The first-order valence-corrected chi connectivity index (χ1v) is 12.9. The fourth-order valence-corrected chi connectivity index (χ4v) is 5.68. The summed E-state index contributed by atoms with van der Waals surface area (Å²) in [7, 11) is 0. The molecule has 1 unspecified atom stereocenters. The fourth-order valence-electron chi connectivity index (χ4n) is 4.69. The number of thiophene rings is 1. The molecule has 0 bridgehead atoms. The highest BCUT2D eigenvalue weighted by atomic mass is 35.5. The number of likely N-dealkylation sites (tertiary alicyclic amines) is 2. The molecule has 0 radical (unpaired) electrons. The molecule has 172 valence electrons. The summed E-state index contributed by atoms with van der Waals surface area (Å²) in [5.74, 6) is 0.883. The van der Waals surface area contributed by atoms with Gasteiger partial charge in [0.25, 0.3) is 5.91 Å². The number of carbonyl (C=O) groups excluding carboxylic acids is 2. The summed E-state index contributed by atoms with van der Waals surface area (Å²) in [4.78, 5) is 31.3. The summed E-state index contributed by atoms with van der Waals surface area (Å²) >= 11 is 7.69. The summed E-state index contributed by atoms with van der Waals surface area (Å²) in [5.41, 5.74) is 0.645. The zero-order valence-electron chi connectivity index (χ0n) is 18.6. The highest BCUT2D eigenvalue weighted by Gasteiger charge is 2.30. The Morgan fingerprint density at radius 2 is 1.75 bits per heavy atom. The van der Waals surface area contributed by atoms with Crippen LogP contribution in [0.2, 0.25) is 5.02 Å². The molecule has 2 fully saturated rings. The largest absolute Gasteiger partial charge is 0.354 e. The summed E-state index contributed by atoms with van der Waals surface area (Å²) < 4.78 is 0. The number of hydrogen-bond acceptors (Lipinski definition) is 4. The maximum atomic E-state index is 12.9. The van der Waals surface area contributed by atoms with Gasteiger partial charge in [-0.1, -0.05) is 24.6 Å². The highest BCUT2D eigenvalue weighted by molar-refractivity contribution is 7.10. The molecule has 0 spiro atoms. The first kappa shape index (κ1) is 23.3. The van der Waals surface area contributed by atoms with Crippen LogP contribution in [0, 0.1) is 11.8 Å². The summed E-state index contributed by atoms with van der Waals surface area (Å²) in [5, 5.41) is 5.98. The number of rotatable bonds is 6. The molecule has 2 saturated heterocycles. The summed E-state index contributed by atoms with van der Waals surface area (Å²) in [6.07, 6.45) is 3.85. The van der Waals surface area contributed by atoms with E-state index < -0.39 is 0 Å². The Balaban J connectivity index is 1.29. The van der Waals surface area contributed by atoms with Crippen LogP contribution in [0.25, 0.3) is 0 Å².